The highest BCUT2D eigenvalue weighted by Crippen LogP contribution is 2.07. The van der Waals surface area contributed by atoms with Gasteiger partial charge in [-0.3, -0.25) is 9.78 Å². The third-order valence-corrected chi connectivity index (χ3v) is 1.86. The second kappa shape index (κ2) is 4.55. The fourth-order valence-corrected chi connectivity index (χ4v) is 0.970. The van der Waals surface area contributed by atoms with Crippen LogP contribution in [0, 0.1) is 0 Å². The van der Waals surface area contributed by atoms with E-state index >= 15 is 0 Å². The zero-order chi connectivity index (χ0) is 9.68. The summed E-state index contributed by atoms with van der Waals surface area (Å²) in [7, 11) is 0. The van der Waals surface area contributed by atoms with Crippen molar-refractivity contribution in [3.05, 3.63) is 42.2 Å². The van der Waals surface area contributed by atoms with Crippen LogP contribution in [0.5, 0.6) is 0 Å². The number of carbonyl (C=O) groups is 1. The third kappa shape index (κ3) is 2.82. The van der Waals surface area contributed by atoms with Crippen molar-refractivity contribution in [1.82, 2.24) is 4.98 Å². The molecule has 1 aromatic heterocycles. The van der Waals surface area contributed by atoms with Gasteiger partial charge in [-0.2, -0.15) is 0 Å². The zero-order valence-corrected chi connectivity index (χ0v) is 7.79. The number of rotatable bonds is 4. The van der Waals surface area contributed by atoms with Crippen molar-refractivity contribution in [1.29, 1.82) is 0 Å². The fourth-order valence-electron chi connectivity index (χ4n) is 0.970. The Labute approximate surface area is 78.3 Å². The number of hydrogen-bond acceptors (Lipinski definition) is 2. The molecule has 1 aromatic rings. The quantitative estimate of drug-likeness (QED) is 0.520. The first-order valence-electron chi connectivity index (χ1n) is 4.35. The Kier molecular flexibility index (Phi) is 3.38. The van der Waals surface area contributed by atoms with E-state index in [4.69, 9.17) is 0 Å². The highest BCUT2D eigenvalue weighted by molar-refractivity contribution is 5.95. The van der Waals surface area contributed by atoms with Crippen molar-refractivity contribution < 1.29 is 4.79 Å². The van der Waals surface area contributed by atoms with E-state index < -0.39 is 0 Å². The summed E-state index contributed by atoms with van der Waals surface area (Å²) in [5, 5.41) is 0. The summed E-state index contributed by atoms with van der Waals surface area (Å²) < 4.78 is 0. The molecule has 1 heterocycles. The van der Waals surface area contributed by atoms with Crippen molar-refractivity contribution in [2.24, 2.45) is 0 Å². The van der Waals surface area contributed by atoms with Gasteiger partial charge in [0.2, 0.25) is 0 Å². The fraction of sp³-hybridized carbons (Fsp3) is 0.273. The molecular weight excluding hydrogens is 162 g/mol. The predicted molar refractivity (Wildman–Crippen MR) is 52.6 cm³/mol. The maximum absolute atomic E-state index is 11.5. The van der Waals surface area contributed by atoms with Crippen LogP contribution in [0.3, 0.4) is 0 Å². The van der Waals surface area contributed by atoms with Crippen molar-refractivity contribution in [3.63, 3.8) is 0 Å². The Morgan fingerprint density at radius 1 is 1.54 bits per heavy atom. The molecule has 13 heavy (non-hydrogen) atoms. The smallest absolute Gasteiger partial charge is 0.185 e. The molecule has 0 fully saturated rings. The van der Waals surface area contributed by atoms with Gasteiger partial charge >= 0.3 is 0 Å². The van der Waals surface area contributed by atoms with Gasteiger partial charge in [0.15, 0.2) is 5.78 Å². The van der Waals surface area contributed by atoms with Gasteiger partial charge in [0, 0.05) is 12.6 Å². The summed E-state index contributed by atoms with van der Waals surface area (Å²) in [4.78, 5) is 15.5. The molecule has 0 saturated carbocycles. The summed E-state index contributed by atoms with van der Waals surface area (Å²) >= 11 is 0. The van der Waals surface area contributed by atoms with Gasteiger partial charge in [0.1, 0.15) is 5.69 Å². The van der Waals surface area contributed by atoms with Crippen LogP contribution in [0.4, 0.5) is 0 Å². The minimum absolute atomic E-state index is 0.0486. The first-order chi connectivity index (χ1) is 6.24. The Bertz CT molecular complexity index is 303. The molecule has 2 heteroatoms. The summed E-state index contributed by atoms with van der Waals surface area (Å²) in [6.45, 7) is 5.78. The van der Waals surface area contributed by atoms with E-state index in [-0.39, 0.29) is 5.78 Å². The van der Waals surface area contributed by atoms with Crippen LogP contribution in [-0.2, 0) is 0 Å². The molecule has 2 nitrogen and oxygen atoms in total. The number of carbonyl (C=O) groups excluding carboxylic acids is 1. The molecule has 0 spiro atoms. The molecule has 68 valence electrons. The van der Waals surface area contributed by atoms with Crippen LogP contribution in [0.1, 0.15) is 30.3 Å². The largest absolute Gasteiger partial charge is 0.292 e. The zero-order valence-electron chi connectivity index (χ0n) is 7.79. The van der Waals surface area contributed by atoms with Crippen molar-refractivity contribution in [3.8, 4) is 0 Å². The number of hydrogen-bond donors (Lipinski definition) is 0. The number of allylic oxidation sites excluding steroid dienone is 1. The number of Topliss-reactive ketones (excluding diaryl/α,β-unsaturated/α-hetero) is 1. The average Bonchev–Trinajstić information content (AvgIpc) is 2.19. The van der Waals surface area contributed by atoms with Crippen LogP contribution >= 0.6 is 0 Å². The molecule has 0 saturated heterocycles. The molecule has 0 amide bonds. The molecule has 0 atom stereocenters. The number of ketones is 1. The molecule has 0 aliphatic rings. The SMILES string of the molecule is C=C(CC)CC(=O)c1ccccn1. The lowest BCUT2D eigenvalue weighted by Crippen LogP contribution is -2.02. The van der Waals surface area contributed by atoms with Crippen molar-refractivity contribution in [2.45, 2.75) is 19.8 Å². The van der Waals surface area contributed by atoms with E-state index in [0.29, 0.717) is 12.1 Å². The maximum Gasteiger partial charge on any atom is 0.185 e. The number of pyridine rings is 1. The molecule has 1 rings (SSSR count). The van der Waals surface area contributed by atoms with Gasteiger partial charge < -0.3 is 0 Å². The minimum Gasteiger partial charge on any atom is -0.292 e. The number of aromatic nitrogens is 1. The van der Waals surface area contributed by atoms with E-state index in [1.54, 1.807) is 18.3 Å². The Morgan fingerprint density at radius 2 is 2.31 bits per heavy atom. The van der Waals surface area contributed by atoms with E-state index in [0.717, 1.165) is 12.0 Å². The Hall–Kier alpha value is -1.44. The van der Waals surface area contributed by atoms with Gasteiger partial charge in [0.05, 0.1) is 0 Å². The summed E-state index contributed by atoms with van der Waals surface area (Å²) in [6.07, 6.45) is 2.88. The monoisotopic (exact) mass is 175 g/mol. The molecule has 0 aromatic carbocycles. The lowest BCUT2D eigenvalue weighted by Gasteiger charge is -2.00. The molecule has 0 aliphatic heterocycles. The average molecular weight is 175 g/mol. The van der Waals surface area contributed by atoms with Gasteiger partial charge in [-0.05, 0) is 18.6 Å². The second-order valence-corrected chi connectivity index (χ2v) is 2.92. The first-order valence-corrected chi connectivity index (χ1v) is 4.35. The molecule has 0 aliphatic carbocycles. The molecule has 0 unspecified atom stereocenters. The van der Waals surface area contributed by atoms with Crippen LogP contribution < -0.4 is 0 Å². The van der Waals surface area contributed by atoms with Crippen molar-refractivity contribution in [2.75, 3.05) is 0 Å². The van der Waals surface area contributed by atoms with Gasteiger partial charge in [-0.1, -0.05) is 25.1 Å². The molecule has 0 N–H and O–H groups in total. The van der Waals surface area contributed by atoms with E-state index in [1.165, 1.54) is 0 Å². The Balaban J connectivity index is 2.65. The second-order valence-electron chi connectivity index (χ2n) is 2.92. The predicted octanol–water partition coefficient (Wildman–Crippen LogP) is 2.62. The van der Waals surface area contributed by atoms with Gasteiger partial charge in [0.25, 0.3) is 0 Å². The maximum atomic E-state index is 11.5. The van der Waals surface area contributed by atoms with Crippen LogP contribution in [-0.4, -0.2) is 10.8 Å². The third-order valence-electron chi connectivity index (χ3n) is 1.86. The summed E-state index contributed by atoms with van der Waals surface area (Å²) in [6, 6.07) is 5.34. The Morgan fingerprint density at radius 3 is 2.85 bits per heavy atom. The van der Waals surface area contributed by atoms with Crippen LogP contribution in [0.2, 0.25) is 0 Å². The van der Waals surface area contributed by atoms with Crippen LogP contribution in [0.25, 0.3) is 0 Å². The molecular formula is C11H13NO. The minimum atomic E-state index is 0.0486. The first kappa shape index (κ1) is 9.65. The van der Waals surface area contributed by atoms with Gasteiger partial charge in [-0.25, -0.2) is 0 Å². The van der Waals surface area contributed by atoms with E-state index in [1.807, 2.05) is 13.0 Å². The highest BCUT2D eigenvalue weighted by Gasteiger charge is 2.06. The summed E-state index contributed by atoms with van der Waals surface area (Å²) in [5.74, 6) is 0.0486. The van der Waals surface area contributed by atoms with Gasteiger partial charge in [-0.15, -0.1) is 0 Å². The normalized spacial score (nSPS) is 9.62. The lowest BCUT2D eigenvalue weighted by molar-refractivity contribution is 0.0987. The van der Waals surface area contributed by atoms with E-state index in [9.17, 15) is 4.79 Å². The van der Waals surface area contributed by atoms with E-state index in [2.05, 4.69) is 11.6 Å². The molecule has 0 radical (unpaired) electrons. The molecule has 0 bridgehead atoms. The topological polar surface area (TPSA) is 30.0 Å². The van der Waals surface area contributed by atoms with Crippen LogP contribution in [0.15, 0.2) is 36.5 Å². The highest BCUT2D eigenvalue weighted by atomic mass is 16.1. The lowest BCUT2D eigenvalue weighted by atomic mass is 10.1. The standard InChI is InChI=1S/C11H13NO/c1-3-9(2)8-11(13)10-6-4-5-7-12-10/h4-7H,2-3,8H2,1H3. The van der Waals surface area contributed by atoms with Crippen molar-refractivity contribution >= 4 is 5.78 Å². The number of nitrogens with zero attached hydrogens (tertiary/aromatic N) is 1. The summed E-state index contributed by atoms with van der Waals surface area (Å²) in [5.41, 5.74) is 1.48.